The summed E-state index contributed by atoms with van der Waals surface area (Å²) in [7, 11) is 0. The lowest BCUT2D eigenvalue weighted by atomic mass is 9.71. The topological polar surface area (TPSA) is 99.2 Å². The highest BCUT2D eigenvalue weighted by Gasteiger charge is 2.40. The van der Waals surface area contributed by atoms with Crippen LogP contribution in [0, 0.1) is 10.8 Å². The highest BCUT2D eigenvalue weighted by Crippen LogP contribution is 2.39. The molecule has 0 spiro atoms. The quantitative estimate of drug-likeness (QED) is 0.702. The van der Waals surface area contributed by atoms with Gasteiger partial charge in [0.15, 0.2) is 5.49 Å². The number of nitrogens with one attached hydrogen (secondary N) is 1. The van der Waals surface area contributed by atoms with Gasteiger partial charge in [-0.1, -0.05) is 19.3 Å². The second-order valence-electron chi connectivity index (χ2n) is 4.93. The number of hydrogen-bond donors (Lipinski definition) is 3. The van der Waals surface area contributed by atoms with E-state index in [0.717, 1.165) is 19.3 Å². The first-order chi connectivity index (χ1) is 8.53. The minimum Gasteiger partial charge on any atom is -0.481 e. The van der Waals surface area contributed by atoms with Crippen molar-refractivity contribution in [2.24, 2.45) is 5.41 Å². The van der Waals surface area contributed by atoms with Gasteiger partial charge in [0.05, 0.1) is 23.5 Å². The molecule has 0 unspecified atom stereocenters. The van der Waals surface area contributed by atoms with Gasteiger partial charge in [-0.05, 0) is 12.8 Å². The van der Waals surface area contributed by atoms with E-state index in [4.69, 9.17) is 5.41 Å². The third kappa shape index (κ3) is 2.37. The number of aliphatic carboxylic acids is 1. The Morgan fingerprint density at radius 1 is 1.44 bits per heavy atom. The first-order valence-corrected chi connectivity index (χ1v) is 6.08. The summed E-state index contributed by atoms with van der Waals surface area (Å²) < 4.78 is 0.667. The van der Waals surface area contributed by atoms with Crippen LogP contribution >= 0.6 is 0 Å². The molecule has 0 aromatic carbocycles. The molecule has 0 bridgehead atoms. The molecule has 1 saturated carbocycles. The Morgan fingerprint density at radius 3 is 2.67 bits per heavy atom. The summed E-state index contributed by atoms with van der Waals surface area (Å²) in [6.45, 7) is 0. The van der Waals surface area contributed by atoms with E-state index in [2.05, 4.69) is 4.98 Å². The van der Waals surface area contributed by atoms with E-state index in [1.54, 1.807) is 0 Å². The Balaban J connectivity index is 2.25. The molecule has 6 nitrogen and oxygen atoms in total. The van der Waals surface area contributed by atoms with Gasteiger partial charge in [-0.25, -0.2) is 0 Å². The molecule has 3 N–H and O–H groups in total. The average molecular weight is 251 g/mol. The van der Waals surface area contributed by atoms with Crippen LogP contribution in [0.1, 0.15) is 37.8 Å². The molecular weight excluding hydrogens is 234 g/mol. The van der Waals surface area contributed by atoms with Crippen LogP contribution in [0.4, 0.5) is 0 Å². The number of aromatic nitrogens is 2. The fraction of sp³-hybridized carbons (Fsp3) is 0.583. The van der Waals surface area contributed by atoms with E-state index >= 15 is 0 Å². The lowest BCUT2D eigenvalue weighted by Crippen LogP contribution is -2.36. The van der Waals surface area contributed by atoms with Crippen molar-refractivity contribution in [3.05, 3.63) is 23.6 Å². The van der Waals surface area contributed by atoms with Crippen molar-refractivity contribution < 1.29 is 15.1 Å². The van der Waals surface area contributed by atoms with Crippen LogP contribution < -0.4 is 5.49 Å². The van der Waals surface area contributed by atoms with Gasteiger partial charge in [0.2, 0.25) is 0 Å². The van der Waals surface area contributed by atoms with Gasteiger partial charge >= 0.3 is 5.97 Å². The molecule has 1 aliphatic rings. The van der Waals surface area contributed by atoms with Crippen LogP contribution in [0.15, 0.2) is 12.4 Å². The molecule has 18 heavy (non-hydrogen) atoms. The van der Waals surface area contributed by atoms with Crippen molar-refractivity contribution in [3.63, 3.8) is 0 Å². The maximum atomic E-state index is 11.5. The molecule has 98 valence electrons. The number of carboxylic acids is 1. The summed E-state index contributed by atoms with van der Waals surface area (Å²) in [5.74, 6) is -0.788. The predicted molar refractivity (Wildman–Crippen MR) is 62.1 cm³/mol. The van der Waals surface area contributed by atoms with Crippen molar-refractivity contribution in [1.82, 2.24) is 9.71 Å². The second-order valence-corrected chi connectivity index (χ2v) is 4.93. The average Bonchev–Trinajstić information content (AvgIpc) is 2.35. The first kappa shape index (κ1) is 12.6. The van der Waals surface area contributed by atoms with Crippen LogP contribution in [-0.2, 0) is 11.2 Å². The molecular formula is C12H17N3O3. The van der Waals surface area contributed by atoms with Crippen molar-refractivity contribution >= 4 is 5.97 Å². The molecule has 0 amide bonds. The SMILES string of the molecule is N=c1cnc(CC2(C(=O)O)CCCCC2)cn1O. The molecule has 0 atom stereocenters. The zero-order valence-corrected chi connectivity index (χ0v) is 10.1. The van der Waals surface area contributed by atoms with Gasteiger partial charge in [-0.15, -0.1) is 0 Å². The van der Waals surface area contributed by atoms with Gasteiger partial charge in [0.25, 0.3) is 0 Å². The normalized spacial score (nSPS) is 18.4. The summed E-state index contributed by atoms with van der Waals surface area (Å²) >= 11 is 0. The molecule has 6 heteroatoms. The van der Waals surface area contributed by atoms with Crippen molar-refractivity contribution in [2.75, 3.05) is 0 Å². The monoisotopic (exact) mass is 251 g/mol. The molecule has 1 aromatic heterocycles. The Hall–Kier alpha value is -1.85. The zero-order chi connectivity index (χ0) is 13.2. The zero-order valence-electron chi connectivity index (χ0n) is 10.1. The minimum atomic E-state index is -0.788. The predicted octanol–water partition coefficient (Wildman–Crippen LogP) is 1.18. The molecule has 1 fully saturated rings. The smallest absolute Gasteiger partial charge is 0.310 e. The van der Waals surface area contributed by atoms with Gasteiger partial charge in [-0.2, -0.15) is 4.73 Å². The van der Waals surface area contributed by atoms with Gasteiger partial charge in [-0.3, -0.25) is 15.2 Å². The summed E-state index contributed by atoms with van der Waals surface area (Å²) in [5, 5.41) is 26.1. The molecule has 0 saturated heterocycles. The Bertz CT molecular complexity index is 504. The lowest BCUT2D eigenvalue weighted by Gasteiger charge is -2.32. The molecule has 1 heterocycles. The van der Waals surface area contributed by atoms with Crippen molar-refractivity contribution in [2.45, 2.75) is 38.5 Å². The third-order valence-corrected chi connectivity index (χ3v) is 3.65. The minimum absolute atomic E-state index is 0.119. The third-order valence-electron chi connectivity index (χ3n) is 3.65. The Morgan fingerprint density at radius 2 is 2.11 bits per heavy atom. The Labute approximate surface area is 104 Å². The van der Waals surface area contributed by atoms with E-state index in [1.807, 2.05) is 0 Å². The van der Waals surface area contributed by atoms with E-state index in [9.17, 15) is 15.1 Å². The molecule has 1 aromatic rings. The summed E-state index contributed by atoms with van der Waals surface area (Å²) in [5.41, 5.74) is -0.369. The number of hydrogen-bond acceptors (Lipinski definition) is 4. The standard InChI is InChI=1S/C12H17N3O3/c13-10-7-14-9(8-15(10)18)6-12(11(16)17)4-2-1-3-5-12/h7-8,13,18H,1-6H2,(H,16,17). The van der Waals surface area contributed by atoms with E-state index < -0.39 is 11.4 Å². The van der Waals surface area contributed by atoms with Crippen LogP contribution in [-0.4, -0.2) is 26.0 Å². The lowest BCUT2D eigenvalue weighted by molar-refractivity contribution is -0.151. The van der Waals surface area contributed by atoms with Gasteiger partial charge < -0.3 is 10.3 Å². The number of carbonyl (C=O) groups is 1. The largest absolute Gasteiger partial charge is 0.481 e. The summed E-state index contributed by atoms with van der Waals surface area (Å²) in [6, 6.07) is 0. The molecule has 0 radical (unpaired) electrons. The number of rotatable bonds is 3. The van der Waals surface area contributed by atoms with Crippen LogP contribution in [0.3, 0.4) is 0 Å². The number of nitrogens with zero attached hydrogens (tertiary/aromatic N) is 2. The fourth-order valence-electron chi connectivity index (χ4n) is 2.58. The maximum absolute atomic E-state index is 11.5. The van der Waals surface area contributed by atoms with Crippen LogP contribution in [0.2, 0.25) is 0 Å². The van der Waals surface area contributed by atoms with E-state index in [1.165, 1.54) is 12.4 Å². The van der Waals surface area contributed by atoms with E-state index in [0.29, 0.717) is 29.7 Å². The van der Waals surface area contributed by atoms with Crippen molar-refractivity contribution in [3.8, 4) is 0 Å². The maximum Gasteiger partial charge on any atom is 0.310 e. The molecule has 2 rings (SSSR count). The Kier molecular flexibility index (Phi) is 3.36. The number of carboxylic acid groups (broad SMARTS) is 1. The molecule has 0 aliphatic heterocycles. The first-order valence-electron chi connectivity index (χ1n) is 6.08. The van der Waals surface area contributed by atoms with Crippen LogP contribution in [0.5, 0.6) is 0 Å². The van der Waals surface area contributed by atoms with Gasteiger partial charge in [0, 0.05) is 6.42 Å². The molecule has 1 aliphatic carbocycles. The highest BCUT2D eigenvalue weighted by atomic mass is 16.5. The van der Waals surface area contributed by atoms with Gasteiger partial charge in [0.1, 0.15) is 0 Å². The summed E-state index contributed by atoms with van der Waals surface area (Å²) in [6.07, 6.45) is 7.08. The van der Waals surface area contributed by atoms with Crippen LogP contribution in [0.25, 0.3) is 0 Å². The van der Waals surface area contributed by atoms with Crippen molar-refractivity contribution in [1.29, 1.82) is 5.41 Å². The van der Waals surface area contributed by atoms with E-state index in [-0.39, 0.29) is 5.49 Å². The highest BCUT2D eigenvalue weighted by molar-refractivity contribution is 5.75. The summed E-state index contributed by atoms with van der Waals surface area (Å²) in [4.78, 5) is 15.5. The second kappa shape index (κ2) is 4.80. The fourth-order valence-corrected chi connectivity index (χ4v) is 2.58.